The number of imidazole rings is 1. The summed E-state index contributed by atoms with van der Waals surface area (Å²) in [5.74, 6) is -0.548. The molecule has 0 radical (unpaired) electrons. The monoisotopic (exact) mass is 366 g/mol. The van der Waals surface area contributed by atoms with Crippen LogP contribution in [0.5, 0.6) is 5.75 Å². The van der Waals surface area contributed by atoms with E-state index in [9.17, 15) is 23.3 Å². The summed E-state index contributed by atoms with van der Waals surface area (Å²) in [7, 11) is 1.31. The fraction of sp³-hybridized carbons (Fsp3) is 0.188. The molecule has 0 saturated heterocycles. The summed E-state index contributed by atoms with van der Waals surface area (Å²) in [4.78, 5) is 13.7. The van der Waals surface area contributed by atoms with E-state index in [-0.39, 0.29) is 17.9 Å². The first-order chi connectivity index (χ1) is 12.3. The maximum absolute atomic E-state index is 12.9. The smallest absolute Gasteiger partial charge is 0.449 e. The van der Waals surface area contributed by atoms with Gasteiger partial charge in [-0.2, -0.15) is 13.2 Å². The van der Waals surface area contributed by atoms with Crippen LogP contribution < -0.4 is 10.1 Å². The molecular weight excluding hydrogens is 353 g/mol. The molecule has 0 aliphatic heterocycles. The highest BCUT2D eigenvalue weighted by Crippen LogP contribution is 2.31. The Hall–Kier alpha value is -3.30. The van der Waals surface area contributed by atoms with Crippen molar-refractivity contribution in [3.8, 4) is 5.75 Å². The third-order valence-corrected chi connectivity index (χ3v) is 3.70. The molecule has 3 rings (SSSR count). The van der Waals surface area contributed by atoms with E-state index >= 15 is 0 Å². The number of ether oxygens (including phenoxy) is 1. The van der Waals surface area contributed by atoms with E-state index in [2.05, 4.69) is 10.3 Å². The number of benzene rings is 2. The predicted octanol–water partition coefficient (Wildman–Crippen LogP) is 3.95. The van der Waals surface area contributed by atoms with Crippen LogP contribution in [-0.4, -0.2) is 21.2 Å². The lowest BCUT2D eigenvalue weighted by molar-refractivity contribution is -0.384. The van der Waals surface area contributed by atoms with E-state index in [4.69, 9.17) is 4.74 Å². The number of alkyl halides is 3. The second kappa shape index (κ2) is 6.54. The third-order valence-electron chi connectivity index (χ3n) is 3.70. The van der Waals surface area contributed by atoms with Crippen LogP contribution in [0.3, 0.4) is 0 Å². The molecule has 0 bridgehead atoms. The quantitative estimate of drug-likeness (QED) is 0.420. The van der Waals surface area contributed by atoms with E-state index in [0.29, 0.717) is 17.0 Å². The Morgan fingerprint density at radius 2 is 1.92 bits per heavy atom. The van der Waals surface area contributed by atoms with E-state index in [1.165, 1.54) is 43.4 Å². The van der Waals surface area contributed by atoms with Gasteiger partial charge in [-0.15, -0.1) is 0 Å². The zero-order valence-electron chi connectivity index (χ0n) is 13.4. The molecular formula is C16H13F3N4O3. The van der Waals surface area contributed by atoms with E-state index in [1.807, 2.05) is 0 Å². The van der Waals surface area contributed by atoms with Crippen LogP contribution in [0, 0.1) is 10.1 Å². The molecule has 0 spiro atoms. The van der Waals surface area contributed by atoms with Crippen LogP contribution in [-0.2, 0) is 13.2 Å². The zero-order valence-corrected chi connectivity index (χ0v) is 13.4. The van der Waals surface area contributed by atoms with Crippen LogP contribution in [0.15, 0.2) is 42.5 Å². The first-order valence-electron chi connectivity index (χ1n) is 7.40. The van der Waals surface area contributed by atoms with Crippen molar-refractivity contribution in [3.63, 3.8) is 0 Å². The topological polar surface area (TPSA) is 82.2 Å². The Kier molecular flexibility index (Phi) is 4.41. The molecule has 1 N–H and O–H groups in total. The van der Waals surface area contributed by atoms with Gasteiger partial charge in [0, 0.05) is 24.9 Å². The highest BCUT2D eigenvalue weighted by Gasteiger charge is 2.36. The molecule has 0 fully saturated rings. The minimum absolute atomic E-state index is 0.0300. The second-order valence-corrected chi connectivity index (χ2v) is 5.41. The first kappa shape index (κ1) is 17.5. The van der Waals surface area contributed by atoms with Crippen molar-refractivity contribution < 1.29 is 22.8 Å². The van der Waals surface area contributed by atoms with E-state index in [0.717, 1.165) is 4.57 Å². The number of nitro groups is 1. The van der Waals surface area contributed by atoms with Gasteiger partial charge in [-0.05, 0) is 30.3 Å². The number of nitro benzene ring substituents is 1. The number of hydrogen-bond acceptors (Lipinski definition) is 5. The Morgan fingerprint density at radius 1 is 1.23 bits per heavy atom. The lowest BCUT2D eigenvalue weighted by Crippen LogP contribution is -2.12. The number of aromatic nitrogens is 2. The molecule has 7 nitrogen and oxygen atoms in total. The number of rotatable bonds is 5. The molecule has 1 heterocycles. The molecule has 0 aliphatic rings. The van der Waals surface area contributed by atoms with E-state index < -0.39 is 16.9 Å². The van der Waals surface area contributed by atoms with Gasteiger partial charge >= 0.3 is 6.18 Å². The molecule has 136 valence electrons. The molecule has 3 aromatic rings. The average Bonchev–Trinajstić information content (AvgIpc) is 2.92. The highest BCUT2D eigenvalue weighted by molar-refractivity contribution is 5.80. The Balaban J connectivity index is 1.68. The normalized spacial score (nSPS) is 11.5. The van der Waals surface area contributed by atoms with Crippen LogP contribution in [0.25, 0.3) is 11.0 Å². The molecule has 2 aromatic carbocycles. The number of halogens is 3. The van der Waals surface area contributed by atoms with Gasteiger partial charge in [-0.3, -0.25) is 10.1 Å². The van der Waals surface area contributed by atoms with Gasteiger partial charge in [-0.25, -0.2) is 4.98 Å². The summed E-state index contributed by atoms with van der Waals surface area (Å²) in [6, 6.07) is 10.2. The standard InChI is InChI=1S/C16H13F3N4O3/c1-22-14-7-2-10(8-13(14)21-15(22)16(17,18)19)20-9-26-12-5-3-11(4-6-12)23(24)25/h2-8,20H,9H2,1H3. The number of anilines is 1. The van der Waals surface area contributed by atoms with Gasteiger partial charge in [0.05, 0.1) is 16.0 Å². The zero-order chi connectivity index (χ0) is 18.9. The largest absolute Gasteiger partial charge is 0.473 e. The van der Waals surface area contributed by atoms with Crippen molar-refractivity contribution in [1.29, 1.82) is 0 Å². The molecule has 26 heavy (non-hydrogen) atoms. The van der Waals surface area contributed by atoms with Crippen molar-refractivity contribution in [3.05, 3.63) is 58.4 Å². The summed E-state index contributed by atoms with van der Waals surface area (Å²) in [6.07, 6.45) is -4.53. The minimum Gasteiger partial charge on any atom is -0.473 e. The SMILES string of the molecule is Cn1c(C(F)(F)F)nc2cc(NCOc3ccc([N+](=O)[O-])cc3)ccc21. The summed E-state index contributed by atoms with van der Waals surface area (Å²) in [6.45, 7) is 0.0300. The number of hydrogen-bond donors (Lipinski definition) is 1. The van der Waals surface area contributed by atoms with Crippen LogP contribution in [0.4, 0.5) is 24.5 Å². The summed E-state index contributed by atoms with van der Waals surface area (Å²) in [5, 5.41) is 13.5. The molecule has 0 atom stereocenters. The van der Waals surface area contributed by atoms with Crippen molar-refractivity contribution >= 4 is 22.4 Å². The Morgan fingerprint density at radius 3 is 2.54 bits per heavy atom. The van der Waals surface area contributed by atoms with Gasteiger partial charge < -0.3 is 14.6 Å². The number of fused-ring (bicyclic) bond motifs is 1. The number of nitrogens with one attached hydrogen (secondary N) is 1. The maximum atomic E-state index is 12.9. The highest BCUT2D eigenvalue weighted by atomic mass is 19.4. The molecule has 0 unspecified atom stereocenters. The third kappa shape index (κ3) is 3.53. The fourth-order valence-electron chi connectivity index (χ4n) is 2.43. The number of non-ortho nitro benzene ring substituents is 1. The number of nitrogens with zero attached hydrogens (tertiary/aromatic N) is 3. The predicted molar refractivity (Wildman–Crippen MR) is 87.9 cm³/mol. The maximum Gasteiger partial charge on any atom is 0.449 e. The van der Waals surface area contributed by atoms with Gasteiger partial charge in [-0.1, -0.05) is 0 Å². The lowest BCUT2D eigenvalue weighted by atomic mass is 10.3. The minimum atomic E-state index is -4.53. The van der Waals surface area contributed by atoms with Gasteiger partial charge in [0.25, 0.3) is 5.69 Å². The van der Waals surface area contributed by atoms with Crippen molar-refractivity contribution in [2.75, 3.05) is 12.0 Å². The van der Waals surface area contributed by atoms with Crippen molar-refractivity contribution in [2.24, 2.45) is 7.05 Å². The first-order valence-corrected chi connectivity index (χ1v) is 7.40. The molecule has 10 heteroatoms. The summed E-state index contributed by atoms with van der Waals surface area (Å²) >= 11 is 0. The van der Waals surface area contributed by atoms with Crippen molar-refractivity contribution in [2.45, 2.75) is 6.18 Å². The summed E-state index contributed by atoms with van der Waals surface area (Å²) in [5.41, 5.74) is 1.05. The van der Waals surface area contributed by atoms with Gasteiger partial charge in [0.1, 0.15) is 5.75 Å². The lowest BCUT2D eigenvalue weighted by Gasteiger charge is -2.09. The Labute approximate surface area is 145 Å². The second-order valence-electron chi connectivity index (χ2n) is 5.41. The van der Waals surface area contributed by atoms with Crippen LogP contribution in [0.1, 0.15) is 5.82 Å². The van der Waals surface area contributed by atoms with Crippen LogP contribution in [0.2, 0.25) is 0 Å². The molecule has 0 saturated carbocycles. The van der Waals surface area contributed by atoms with Gasteiger partial charge in [0.2, 0.25) is 5.82 Å². The Bertz CT molecular complexity index is 952. The van der Waals surface area contributed by atoms with Crippen molar-refractivity contribution in [1.82, 2.24) is 9.55 Å². The molecule has 0 amide bonds. The fourth-order valence-corrected chi connectivity index (χ4v) is 2.43. The van der Waals surface area contributed by atoms with E-state index in [1.54, 1.807) is 6.07 Å². The molecule has 0 aliphatic carbocycles. The van der Waals surface area contributed by atoms with Crippen LogP contribution >= 0.6 is 0 Å². The van der Waals surface area contributed by atoms with Gasteiger partial charge in [0.15, 0.2) is 6.73 Å². The molecule has 1 aromatic heterocycles. The number of aryl methyl sites for hydroxylation is 1. The average molecular weight is 366 g/mol. The summed E-state index contributed by atoms with van der Waals surface area (Å²) < 4.78 is 45.1.